The fourth-order valence-corrected chi connectivity index (χ4v) is 4.20. The molecule has 166 valence electrons. The smallest absolute Gasteiger partial charge is 0.345 e. The van der Waals surface area contributed by atoms with Gasteiger partial charge in [-0.3, -0.25) is 4.79 Å². The summed E-state index contributed by atoms with van der Waals surface area (Å²) in [6.07, 6.45) is 8.56. The van der Waals surface area contributed by atoms with Crippen LogP contribution in [0.2, 0.25) is 0 Å². The Morgan fingerprint density at radius 3 is 2.78 bits per heavy atom. The maximum atomic E-state index is 12.3. The first-order chi connectivity index (χ1) is 15.4. The number of carboxylic acid groups (broad SMARTS) is 1. The van der Waals surface area contributed by atoms with Gasteiger partial charge < -0.3 is 15.1 Å². The lowest BCUT2D eigenvalue weighted by molar-refractivity contribution is -0.127. The summed E-state index contributed by atoms with van der Waals surface area (Å²) < 4.78 is 0. The molecule has 0 aliphatic carbocycles. The molecular formula is C26H27NO4S. The summed E-state index contributed by atoms with van der Waals surface area (Å²) in [6, 6.07) is 13.0. The van der Waals surface area contributed by atoms with E-state index in [0.717, 1.165) is 16.9 Å². The summed E-state index contributed by atoms with van der Waals surface area (Å²) in [7, 11) is 0. The first kappa shape index (κ1) is 23.5. The third-order valence-corrected chi connectivity index (χ3v) is 6.38. The quantitative estimate of drug-likeness (QED) is 0.461. The molecule has 1 aromatic carbocycles. The van der Waals surface area contributed by atoms with Gasteiger partial charge in [-0.25, -0.2) is 4.79 Å². The van der Waals surface area contributed by atoms with Gasteiger partial charge >= 0.3 is 5.97 Å². The summed E-state index contributed by atoms with van der Waals surface area (Å²) >= 11 is 1.20. The summed E-state index contributed by atoms with van der Waals surface area (Å²) in [5, 5.41) is 19.5. The van der Waals surface area contributed by atoms with Crippen molar-refractivity contribution in [2.75, 3.05) is 6.54 Å². The van der Waals surface area contributed by atoms with E-state index in [-0.39, 0.29) is 17.9 Å². The molecule has 1 unspecified atom stereocenters. The minimum absolute atomic E-state index is 0.0184. The Kier molecular flexibility index (Phi) is 8.43. The van der Waals surface area contributed by atoms with Crippen LogP contribution in [0.25, 0.3) is 6.08 Å². The van der Waals surface area contributed by atoms with Gasteiger partial charge in [0.15, 0.2) is 0 Å². The second-order valence-electron chi connectivity index (χ2n) is 7.79. The number of nitrogens with zero attached hydrogens (tertiary/aromatic N) is 1. The Morgan fingerprint density at radius 2 is 2.06 bits per heavy atom. The van der Waals surface area contributed by atoms with E-state index in [1.165, 1.54) is 11.3 Å². The van der Waals surface area contributed by atoms with Crippen LogP contribution < -0.4 is 0 Å². The first-order valence-corrected chi connectivity index (χ1v) is 11.4. The van der Waals surface area contributed by atoms with Crippen molar-refractivity contribution in [2.45, 2.75) is 38.3 Å². The fourth-order valence-electron chi connectivity index (χ4n) is 3.42. The highest BCUT2D eigenvalue weighted by atomic mass is 32.1. The number of aliphatic hydroxyl groups excluding tert-OH is 1. The van der Waals surface area contributed by atoms with E-state index in [0.29, 0.717) is 24.3 Å². The first-order valence-electron chi connectivity index (χ1n) is 10.6. The monoisotopic (exact) mass is 449 g/mol. The highest BCUT2D eigenvalue weighted by Gasteiger charge is 2.28. The number of carbonyl (C=O) groups is 2. The second kappa shape index (κ2) is 11.5. The van der Waals surface area contributed by atoms with Crippen LogP contribution in [0.1, 0.15) is 46.3 Å². The number of carbonyl (C=O) groups excluding carboxylic acids is 1. The van der Waals surface area contributed by atoms with Crippen molar-refractivity contribution >= 4 is 29.3 Å². The van der Waals surface area contributed by atoms with Gasteiger partial charge in [-0.05, 0) is 42.7 Å². The van der Waals surface area contributed by atoms with Gasteiger partial charge in [-0.1, -0.05) is 55.2 Å². The molecule has 1 aliphatic rings. The van der Waals surface area contributed by atoms with E-state index >= 15 is 0 Å². The summed E-state index contributed by atoms with van der Waals surface area (Å²) in [5.74, 6) is 5.36. The molecule has 0 saturated carbocycles. The molecule has 5 nitrogen and oxygen atoms in total. The average molecular weight is 450 g/mol. The lowest BCUT2D eigenvalue weighted by Gasteiger charge is -2.21. The highest BCUT2D eigenvalue weighted by Crippen LogP contribution is 2.22. The number of benzene rings is 1. The van der Waals surface area contributed by atoms with Crippen molar-refractivity contribution in [1.29, 1.82) is 0 Å². The van der Waals surface area contributed by atoms with Crippen molar-refractivity contribution in [3.63, 3.8) is 0 Å². The zero-order valence-corrected chi connectivity index (χ0v) is 18.8. The Bertz CT molecular complexity index is 1040. The van der Waals surface area contributed by atoms with Gasteiger partial charge in [0.2, 0.25) is 5.91 Å². The van der Waals surface area contributed by atoms with Crippen LogP contribution in [-0.2, 0) is 4.79 Å². The van der Waals surface area contributed by atoms with Gasteiger partial charge in [0.1, 0.15) is 4.88 Å². The van der Waals surface area contributed by atoms with Crippen LogP contribution in [0.4, 0.5) is 0 Å². The standard InChI is InChI=1S/C26H27NO4S/c1-19(7-5-10-20-8-3-2-4-9-20)23(28)15-12-21-13-17-25(29)27(21)18-6-11-22-14-16-24(32-22)26(30)31/h2-4,6,8-9,11-12,14-16,19,21,23,28H,7,13,17-18H2,1H3,(H,30,31)/b11-6-,15-12+/t19?,21-,23-/m0/s1. The SMILES string of the molecule is CC(CC#Cc1ccccc1)[C@@H](O)/C=C/[C@H]1CCC(=O)N1C/C=C\c1ccc(C(=O)O)s1. The molecular weight excluding hydrogens is 422 g/mol. The molecule has 2 N–H and O–H groups in total. The van der Waals surface area contributed by atoms with E-state index < -0.39 is 12.1 Å². The molecule has 0 radical (unpaired) electrons. The zero-order chi connectivity index (χ0) is 22.9. The third kappa shape index (κ3) is 6.68. The van der Waals surface area contributed by atoms with Crippen LogP contribution in [0.5, 0.6) is 0 Å². The van der Waals surface area contributed by atoms with Gasteiger partial charge in [0.05, 0.1) is 12.1 Å². The molecule has 32 heavy (non-hydrogen) atoms. The van der Waals surface area contributed by atoms with E-state index in [1.54, 1.807) is 23.1 Å². The van der Waals surface area contributed by atoms with Crippen LogP contribution in [0.3, 0.4) is 0 Å². The number of likely N-dealkylation sites (tertiary alicyclic amines) is 1. The molecule has 0 spiro atoms. The van der Waals surface area contributed by atoms with Crippen molar-refractivity contribution in [3.8, 4) is 11.8 Å². The predicted molar refractivity (Wildman–Crippen MR) is 127 cm³/mol. The summed E-state index contributed by atoms with van der Waals surface area (Å²) in [4.78, 5) is 26.2. The molecule has 1 saturated heterocycles. The van der Waals surface area contributed by atoms with Crippen LogP contribution in [-0.4, -0.2) is 45.7 Å². The molecule has 6 heteroatoms. The number of amides is 1. The van der Waals surface area contributed by atoms with Crippen molar-refractivity contribution in [1.82, 2.24) is 4.90 Å². The molecule has 2 heterocycles. The normalized spacial score (nSPS) is 18.1. The number of carboxylic acids is 1. The topological polar surface area (TPSA) is 77.8 Å². The largest absolute Gasteiger partial charge is 0.477 e. The minimum Gasteiger partial charge on any atom is -0.477 e. The molecule has 1 aromatic heterocycles. The fraction of sp³-hybridized carbons (Fsp3) is 0.308. The maximum Gasteiger partial charge on any atom is 0.345 e. The molecule has 0 bridgehead atoms. The lowest BCUT2D eigenvalue weighted by atomic mass is 9.99. The average Bonchev–Trinajstić information content (AvgIpc) is 3.40. The maximum absolute atomic E-state index is 12.3. The number of hydrogen-bond donors (Lipinski definition) is 2. The lowest BCUT2D eigenvalue weighted by Crippen LogP contribution is -2.32. The Labute approximate surface area is 192 Å². The molecule has 1 amide bonds. The Hall–Kier alpha value is -3.14. The number of aliphatic hydroxyl groups is 1. The summed E-state index contributed by atoms with van der Waals surface area (Å²) in [5.41, 5.74) is 0.958. The van der Waals surface area contributed by atoms with Crippen LogP contribution in [0.15, 0.2) is 60.7 Å². The van der Waals surface area contributed by atoms with Crippen LogP contribution >= 0.6 is 11.3 Å². The van der Waals surface area contributed by atoms with Gasteiger partial charge in [-0.2, -0.15) is 0 Å². The number of thiophene rings is 1. The van der Waals surface area contributed by atoms with Crippen molar-refractivity contribution in [3.05, 3.63) is 76.0 Å². The third-order valence-electron chi connectivity index (χ3n) is 5.34. The molecule has 3 rings (SSSR count). The number of rotatable bonds is 8. The van der Waals surface area contributed by atoms with E-state index in [4.69, 9.17) is 5.11 Å². The minimum atomic E-state index is -0.937. The Balaban J connectivity index is 1.52. The van der Waals surface area contributed by atoms with Crippen molar-refractivity contribution < 1.29 is 19.8 Å². The van der Waals surface area contributed by atoms with Gasteiger partial charge in [0, 0.05) is 29.8 Å². The number of aromatic carboxylic acids is 1. The van der Waals surface area contributed by atoms with E-state index in [2.05, 4.69) is 11.8 Å². The molecule has 1 fully saturated rings. The van der Waals surface area contributed by atoms with E-state index in [1.807, 2.05) is 55.5 Å². The Morgan fingerprint density at radius 1 is 1.28 bits per heavy atom. The number of hydrogen-bond acceptors (Lipinski definition) is 4. The second-order valence-corrected chi connectivity index (χ2v) is 8.90. The van der Waals surface area contributed by atoms with Gasteiger partial charge in [-0.15, -0.1) is 11.3 Å². The molecule has 1 aliphatic heterocycles. The van der Waals surface area contributed by atoms with Crippen molar-refractivity contribution in [2.24, 2.45) is 5.92 Å². The van der Waals surface area contributed by atoms with Crippen LogP contribution in [0, 0.1) is 17.8 Å². The van der Waals surface area contributed by atoms with Gasteiger partial charge in [0.25, 0.3) is 0 Å². The highest BCUT2D eigenvalue weighted by molar-refractivity contribution is 7.14. The van der Waals surface area contributed by atoms with E-state index in [9.17, 15) is 14.7 Å². The summed E-state index contributed by atoms with van der Waals surface area (Å²) in [6.45, 7) is 2.41. The predicted octanol–water partition coefficient (Wildman–Crippen LogP) is 4.45. The molecule has 2 aromatic rings. The molecule has 3 atom stereocenters. The zero-order valence-electron chi connectivity index (χ0n) is 18.0.